The SMILES string of the molecule is CN(CC(=O)NCc1cccnc1OCC(F)(F)F)c1ccccc1. The average molecular weight is 353 g/mol. The van der Waals surface area contributed by atoms with Crippen molar-refractivity contribution >= 4 is 11.6 Å². The van der Waals surface area contributed by atoms with E-state index >= 15 is 0 Å². The van der Waals surface area contributed by atoms with Crippen LogP contribution < -0.4 is 15.0 Å². The van der Waals surface area contributed by atoms with Gasteiger partial charge < -0.3 is 15.0 Å². The molecule has 2 rings (SSSR count). The van der Waals surface area contributed by atoms with Crippen LogP contribution in [0.3, 0.4) is 0 Å². The Labute approximate surface area is 143 Å². The maximum Gasteiger partial charge on any atom is 0.422 e. The summed E-state index contributed by atoms with van der Waals surface area (Å²) in [5.74, 6) is -0.409. The van der Waals surface area contributed by atoms with E-state index in [-0.39, 0.29) is 24.9 Å². The van der Waals surface area contributed by atoms with Crippen LogP contribution in [0.25, 0.3) is 0 Å². The minimum atomic E-state index is -4.45. The molecule has 0 radical (unpaired) electrons. The van der Waals surface area contributed by atoms with E-state index < -0.39 is 12.8 Å². The number of alkyl halides is 3. The highest BCUT2D eigenvalue weighted by Gasteiger charge is 2.29. The van der Waals surface area contributed by atoms with Crippen LogP contribution in [0, 0.1) is 0 Å². The summed E-state index contributed by atoms with van der Waals surface area (Å²) < 4.78 is 41.5. The Morgan fingerprint density at radius 2 is 1.92 bits per heavy atom. The van der Waals surface area contributed by atoms with E-state index in [1.807, 2.05) is 30.3 Å². The van der Waals surface area contributed by atoms with Gasteiger partial charge in [-0.2, -0.15) is 13.2 Å². The summed E-state index contributed by atoms with van der Waals surface area (Å²) in [6, 6.07) is 12.5. The zero-order chi connectivity index (χ0) is 18.3. The van der Waals surface area contributed by atoms with Crippen LogP contribution >= 0.6 is 0 Å². The molecule has 0 spiro atoms. The standard InChI is InChI=1S/C17H18F3N3O2/c1-23(14-7-3-2-4-8-14)11-15(24)22-10-13-6-5-9-21-16(13)25-12-17(18,19)20/h2-9H,10-12H2,1H3,(H,22,24). The number of halogens is 3. The lowest BCUT2D eigenvalue weighted by Gasteiger charge is -2.19. The summed E-state index contributed by atoms with van der Waals surface area (Å²) in [4.78, 5) is 17.6. The third kappa shape index (κ3) is 6.33. The highest BCUT2D eigenvalue weighted by Crippen LogP contribution is 2.19. The second-order valence-corrected chi connectivity index (χ2v) is 5.34. The number of likely N-dealkylation sites (N-methyl/N-ethyl adjacent to an activating group) is 1. The van der Waals surface area contributed by atoms with Gasteiger partial charge >= 0.3 is 6.18 Å². The molecule has 1 heterocycles. The second-order valence-electron chi connectivity index (χ2n) is 5.34. The fourth-order valence-corrected chi connectivity index (χ4v) is 2.08. The van der Waals surface area contributed by atoms with Gasteiger partial charge in [-0.15, -0.1) is 0 Å². The lowest BCUT2D eigenvalue weighted by atomic mass is 10.2. The molecule has 0 aliphatic carbocycles. The van der Waals surface area contributed by atoms with Gasteiger partial charge in [-0.25, -0.2) is 4.98 Å². The summed E-state index contributed by atoms with van der Waals surface area (Å²) in [6.45, 7) is -1.28. The minimum Gasteiger partial charge on any atom is -0.468 e. The van der Waals surface area contributed by atoms with Crippen molar-refractivity contribution in [2.24, 2.45) is 0 Å². The van der Waals surface area contributed by atoms with Crippen LogP contribution in [0.1, 0.15) is 5.56 Å². The van der Waals surface area contributed by atoms with Crippen molar-refractivity contribution < 1.29 is 22.7 Å². The highest BCUT2D eigenvalue weighted by molar-refractivity contribution is 5.81. The molecule has 1 amide bonds. The molecule has 0 atom stereocenters. The number of hydrogen-bond acceptors (Lipinski definition) is 4. The summed E-state index contributed by atoms with van der Waals surface area (Å²) >= 11 is 0. The number of aromatic nitrogens is 1. The van der Waals surface area contributed by atoms with Crippen molar-refractivity contribution in [3.8, 4) is 5.88 Å². The van der Waals surface area contributed by atoms with E-state index in [9.17, 15) is 18.0 Å². The van der Waals surface area contributed by atoms with Crippen LogP contribution in [0.4, 0.5) is 18.9 Å². The number of benzene rings is 1. The number of carbonyl (C=O) groups excluding carboxylic acids is 1. The number of carbonyl (C=O) groups is 1. The molecule has 1 N–H and O–H groups in total. The van der Waals surface area contributed by atoms with Gasteiger partial charge in [0, 0.05) is 31.0 Å². The molecule has 0 fully saturated rings. The molecule has 1 aromatic heterocycles. The molecule has 1 aromatic carbocycles. The van der Waals surface area contributed by atoms with Crippen molar-refractivity contribution in [2.45, 2.75) is 12.7 Å². The number of nitrogens with zero attached hydrogens (tertiary/aromatic N) is 2. The second kappa shape index (κ2) is 8.36. The van der Waals surface area contributed by atoms with Crippen LogP contribution in [0.15, 0.2) is 48.7 Å². The monoisotopic (exact) mass is 353 g/mol. The van der Waals surface area contributed by atoms with Crippen molar-refractivity contribution in [3.63, 3.8) is 0 Å². The van der Waals surface area contributed by atoms with Crippen molar-refractivity contribution in [2.75, 3.05) is 25.1 Å². The Balaban J connectivity index is 1.89. The molecule has 0 aliphatic rings. The van der Waals surface area contributed by atoms with Crippen molar-refractivity contribution in [1.29, 1.82) is 0 Å². The molecule has 134 valence electrons. The largest absolute Gasteiger partial charge is 0.468 e. The highest BCUT2D eigenvalue weighted by atomic mass is 19.4. The zero-order valence-corrected chi connectivity index (χ0v) is 13.6. The number of pyridine rings is 1. The Kier molecular flexibility index (Phi) is 6.21. The van der Waals surface area contributed by atoms with E-state index in [1.54, 1.807) is 24.1 Å². The van der Waals surface area contributed by atoms with Crippen LogP contribution in [-0.4, -0.2) is 37.3 Å². The Hall–Kier alpha value is -2.77. The van der Waals surface area contributed by atoms with Gasteiger partial charge in [-0.05, 0) is 18.2 Å². The Morgan fingerprint density at radius 1 is 1.20 bits per heavy atom. The fraction of sp³-hybridized carbons (Fsp3) is 0.294. The zero-order valence-electron chi connectivity index (χ0n) is 13.6. The van der Waals surface area contributed by atoms with E-state index in [2.05, 4.69) is 15.0 Å². The topological polar surface area (TPSA) is 54.5 Å². The smallest absolute Gasteiger partial charge is 0.422 e. The van der Waals surface area contributed by atoms with E-state index in [4.69, 9.17) is 0 Å². The first kappa shape index (κ1) is 18.6. The number of ether oxygens (including phenoxy) is 1. The minimum absolute atomic E-state index is 0.0303. The number of rotatable bonds is 7. The van der Waals surface area contributed by atoms with Crippen LogP contribution in [0.5, 0.6) is 5.88 Å². The first-order valence-electron chi connectivity index (χ1n) is 7.51. The quantitative estimate of drug-likeness (QED) is 0.832. The molecule has 0 aliphatic heterocycles. The third-order valence-electron chi connectivity index (χ3n) is 3.28. The van der Waals surface area contributed by atoms with Crippen LogP contribution in [0.2, 0.25) is 0 Å². The molecule has 8 heteroatoms. The molecule has 25 heavy (non-hydrogen) atoms. The molecule has 0 unspecified atom stereocenters. The van der Waals surface area contributed by atoms with E-state index in [0.29, 0.717) is 5.56 Å². The summed E-state index contributed by atoms with van der Waals surface area (Å²) in [5, 5.41) is 2.66. The Bertz CT molecular complexity index is 693. The third-order valence-corrected chi connectivity index (χ3v) is 3.28. The number of nitrogens with one attached hydrogen (secondary N) is 1. The number of para-hydroxylation sites is 1. The predicted molar refractivity (Wildman–Crippen MR) is 87.3 cm³/mol. The normalized spacial score (nSPS) is 11.0. The fourth-order valence-electron chi connectivity index (χ4n) is 2.08. The van der Waals surface area contributed by atoms with Gasteiger partial charge in [0.2, 0.25) is 11.8 Å². The molecule has 0 bridgehead atoms. The number of hydrogen-bond donors (Lipinski definition) is 1. The maximum atomic E-state index is 12.3. The molecular formula is C17H18F3N3O2. The van der Waals surface area contributed by atoms with Gasteiger partial charge in [0.1, 0.15) is 0 Å². The van der Waals surface area contributed by atoms with Gasteiger partial charge in [0.15, 0.2) is 6.61 Å². The van der Waals surface area contributed by atoms with Gasteiger partial charge in [-0.1, -0.05) is 24.3 Å². The lowest BCUT2D eigenvalue weighted by molar-refractivity contribution is -0.154. The van der Waals surface area contributed by atoms with E-state index in [0.717, 1.165) is 5.69 Å². The summed E-state index contributed by atoms with van der Waals surface area (Å²) in [5.41, 5.74) is 1.26. The number of anilines is 1. The first-order valence-corrected chi connectivity index (χ1v) is 7.51. The maximum absolute atomic E-state index is 12.3. The predicted octanol–water partition coefficient (Wildman–Crippen LogP) is 2.78. The Morgan fingerprint density at radius 3 is 2.60 bits per heavy atom. The van der Waals surface area contributed by atoms with Crippen molar-refractivity contribution in [3.05, 3.63) is 54.2 Å². The van der Waals surface area contributed by atoms with Gasteiger partial charge in [-0.3, -0.25) is 4.79 Å². The van der Waals surface area contributed by atoms with Crippen LogP contribution in [-0.2, 0) is 11.3 Å². The summed E-state index contributed by atoms with van der Waals surface area (Å²) in [6.07, 6.45) is -3.11. The first-order chi connectivity index (χ1) is 11.8. The number of amides is 1. The van der Waals surface area contributed by atoms with Gasteiger partial charge in [0.05, 0.1) is 6.54 Å². The molecule has 0 saturated heterocycles. The molecular weight excluding hydrogens is 335 g/mol. The average Bonchev–Trinajstić information content (AvgIpc) is 2.59. The summed E-state index contributed by atoms with van der Waals surface area (Å²) in [7, 11) is 1.77. The van der Waals surface area contributed by atoms with Gasteiger partial charge in [0.25, 0.3) is 0 Å². The molecule has 2 aromatic rings. The molecule has 5 nitrogen and oxygen atoms in total. The van der Waals surface area contributed by atoms with Crippen molar-refractivity contribution in [1.82, 2.24) is 10.3 Å². The van der Waals surface area contributed by atoms with E-state index in [1.165, 1.54) is 6.20 Å². The lowest BCUT2D eigenvalue weighted by Crippen LogP contribution is -2.35. The molecule has 0 saturated carbocycles.